The highest BCUT2D eigenvalue weighted by Crippen LogP contribution is 2.05. The zero-order valence-corrected chi connectivity index (χ0v) is 10.4. The molecule has 0 fully saturated rings. The number of rotatable bonds is 6. The van der Waals surface area contributed by atoms with Crippen molar-refractivity contribution in [3.8, 4) is 0 Å². The summed E-state index contributed by atoms with van der Waals surface area (Å²) in [5.41, 5.74) is 1.19. The number of carbonyl (C=O) groups is 2. The van der Waals surface area contributed by atoms with Crippen LogP contribution in [0.4, 0.5) is 4.79 Å². The Labute approximate surface area is 104 Å². The van der Waals surface area contributed by atoms with Crippen molar-refractivity contribution < 1.29 is 14.7 Å². The first-order chi connectivity index (χ1) is 8.08. The van der Waals surface area contributed by atoms with Gasteiger partial charge in [0.05, 0.1) is 6.42 Å². The summed E-state index contributed by atoms with van der Waals surface area (Å²) in [4.78, 5) is 21.7. The molecule has 0 aromatic carbocycles. The largest absolute Gasteiger partial charge is 0.481 e. The van der Waals surface area contributed by atoms with Gasteiger partial charge >= 0.3 is 12.0 Å². The summed E-state index contributed by atoms with van der Waals surface area (Å²) in [5.74, 6) is -0.920. The summed E-state index contributed by atoms with van der Waals surface area (Å²) in [5, 5.41) is 17.8. The molecule has 2 amide bonds. The lowest BCUT2D eigenvalue weighted by Crippen LogP contribution is -2.42. The molecule has 0 spiro atoms. The van der Waals surface area contributed by atoms with Gasteiger partial charge in [0.1, 0.15) is 0 Å². The third-order valence-electron chi connectivity index (χ3n) is 2.14. The molecule has 0 bridgehead atoms. The van der Waals surface area contributed by atoms with Gasteiger partial charge < -0.3 is 15.7 Å². The topological polar surface area (TPSA) is 78.4 Å². The number of aliphatic carboxylic acids is 1. The van der Waals surface area contributed by atoms with Gasteiger partial charge in [-0.1, -0.05) is 0 Å². The normalized spacial score (nSPS) is 11.8. The average molecular weight is 256 g/mol. The molecule has 0 aliphatic carbocycles. The number of carboxylic acids is 1. The van der Waals surface area contributed by atoms with Gasteiger partial charge in [-0.15, -0.1) is 0 Å². The minimum absolute atomic E-state index is 0.0715. The Balaban J connectivity index is 2.14. The van der Waals surface area contributed by atoms with E-state index >= 15 is 0 Å². The number of hydrogen-bond acceptors (Lipinski definition) is 3. The second-order valence-corrected chi connectivity index (χ2v) is 4.56. The Hall–Kier alpha value is -1.56. The molecule has 5 nitrogen and oxygen atoms in total. The van der Waals surface area contributed by atoms with Gasteiger partial charge in [0, 0.05) is 12.6 Å². The van der Waals surface area contributed by atoms with Crippen LogP contribution >= 0.6 is 11.3 Å². The van der Waals surface area contributed by atoms with E-state index < -0.39 is 5.97 Å². The first kappa shape index (κ1) is 13.5. The second-order valence-electron chi connectivity index (χ2n) is 3.78. The van der Waals surface area contributed by atoms with Crippen LogP contribution in [0.2, 0.25) is 0 Å². The number of amides is 2. The first-order valence-electron chi connectivity index (χ1n) is 5.35. The van der Waals surface area contributed by atoms with Crippen molar-refractivity contribution in [2.45, 2.75) is 25.8 Å². The van der Waals surface area contributed by atoms with E-state index in [1.807, 2.05) is 16.8 Å². The van der Waals surface area contributed by atoms with Crippen LogP contribution in [-0.4, -0.2) is 29.7 Å². The Bertz CT molecular complexity index is 365. The number of thiophene rings is 1. The molecule has 1 aromatic rings. The molecule has 0 saturated carbocycles. The molecule has 0 aliphatic heterocycles. The smallest absolute Gasteiger partial charge is 0.315 e. The van der Waals surface area contributed by atoms with Crippen molar-refractivity contribution in [1.82, 2.24) is 10.6 Å². The van der Waals surface area contributed by atoms with E-state index in [4.69, 9.17) is 5.11 Å². The van der Waals surface area contributed by atoms with Crippen LogP contribution in [0.1, 0.15) is 18.9 Å². The molecular weight excluding hydrogens is 240 g/mol. The molecule has 94 valence electrons. The van der Waals surface area contributed by atoms with E-state index in [-0.39, 0.29) is 18.5 Å². The predicted octanol–water partition coefficient (Wildman–Crippen LogP) is 1.45. The molecule has 1 atom stereocenters. The Kier molecular flexibility index (Phi) is 5.48. The number of urea groups is 1. The molecule has 0 radical (unpaired) electrons. The van der Waals surface area contributed by atoms with E-state index in [2.05, 4.69) is 10.6 Å². The van der Waals surface area contributed by atoms with Gasteiger partial charge in [0.2, 0.25) is 0 Å². The molecule has 1 aromatic heterocycles. The highest BCUT2D eigenvalue weighted by Gasteiger charge is 2.09. The van der Waals surface area contributed by atoms with Gasteiger partial charge in [-0.05, 0) is 35.7 Å². The van der Waals surface area contributed by atoms with E-state index in [0.717, 1.165) is 6.42 Å². The monoisotopic (exact) mass is 256 g/mol. The average Bonchev–Trinajstić information content (AvgIpc) is 2.68. The van der Waals surface area contributed by atoms with Crippen LogP contribution in [0.3, 0.4) is 0 Å². The summed E-state index contributed by atoms with van der Waals surface area (Å²) in [6.45, 7) is 2.20. The first-order valence-corrected chi connectivity index (χ1v) is 6.29. The van der Waals surface area contributed by atoms with Crippen molar-refractivity contribution in [2.24, 2.45) is 0 Å². The molecule has 6 heteroatoms. The standard InChI is InChI=1S/C11H16N2O3S/c1-8(6-10(14)15)13-11(16)12-4-2-9-3-5-17-7-9/h3,5,7-8H,2,4,6H2,1H3,(H,14,15)(H2,12,13,16). The summed E-state index contributed by atoms with van der Waals surface area (Å²) < 4.78 is 0. The maximum Gasteiger partial charge on any atom is 0.315 e. The molecular formula is C11H16N2O3S. The lowest BCUT2D eigenvalue weighted by molar-refractivity contribution is -0.137. The quantitative estimate of drug-likeness (QED) is 0.721. The van der Waals surface area contributed by atoms with Gasteiger partial charge in [0.15, 0.2) is 0 Å². The van der Waals surface area contributed by atoms with Crippen LogP contribution < -0.4 is 10.6 Å². The van der Waals surface area contributed by atoms with Crippen molar-refractivity contribution in [3.05, 3.63) is 22.4 Å². The van der Waals surface area contributed by atoms with Crippen molar-refractivity contribution in [3.63, 3.8) is 0 Å². The SMILES string of the molecule is CC(CC(=O)O)NC(=O)NCCc1ccsc1. The molecule has 1 rings (SSSR count). The summed E-state index contributed by atoms with van der Waals surface area (Å²) in [7, 11) is 0. The number of carboxylic acid groups (broad SMARTS) is 1. The molecule has 0 aliphatic rings. The van der Waals surface area contributed by atoms with Crippen LogP contribution in [0.15, 0.2) is 16.8 Å². The van der Waals surface area contributed by atoms with Crippen LogP contribution in [0.25, 0.3) is 0 Å². The zero-order valence-electron chi connectivity index (χ0n) is 9.60. The number of carbonyl (C=O) groups excluding carboxylic acids is 1. The zero-order chi connectivity index (χ0) is 12.7. The molecule has 1 unspecified atom stereocenters. The maximum absolute atomic E-state index is 11.4. The minimum Gasteiger partial charge on any atom is -0.481 e. The van der Waals surface area contributed by atoms with Gasteiger partial charge in [-0.3, -0.25) is 4.79 Å². The lowest BCUT2D eigenvalue weighted by Gasteiger charge is -2.12. The fraction of sp³-hybridized carbons (Fsp3) is 0.455. The third kappa shape index (κ3) is 5.91. The molecule has 3 N–H and O–H groups in total. The highest BCUT2D eigenvalue weighted by atomic mass is 32.1. The Morgan fingerprint density at radius 1 is 1.53 bits per heavy atom. The van der Waals surface area contributed by atoms with Crippen molar-refractivity contribution in [2.75, 3.05) is 6.54 Å². The molecule has 1 heterocycles. The van der Waals surface area contributed by atoms with Crippen LogP contribution in [0, 0.1) is 0 Å². The Morgan fingerprint density at radius 3 is 2.88 bits per heavy atom. The fourth-order valence-electron chi connectivity index (χ4n) is 1.34. The molecule has 17 heavy (non-hydrogen) atoms. The van der Waals surface area contributed by atoms with E-state index in [9.17, 15) is 9.59 Å². The van der Waals surface area contributed by atoms with Gasteiger partial charge in [-0.25, -0.2) is 4.79 Å². The fourth-order valence-corrected chi connectivity index (χ4v) is 2.05. The predicted molar refractivity (Wildman–Crippen MR) is 66.3 cm³/mol. The van der Waals surface area contributed by atoms with E-state index in [0.29, 0.717) is 6.54 Å². The minimum atomic E-state index is -0.920. The Morgan fingerprint density at radius 2 is 2.29 bits per heavy atom. The van der Waals surface area contributed by atoms with Crippen LogP contribution in [0.5, 0.6) is 0 Å². The van der Waals surface area contributed by atoms with Crippen molar-refractivity contribution >= 4 is 23.3 Å². The second kappa shape index (κ2) is 6.90. The van der Waals surface area contributed by atoms with E-state index in [1.54, 1.807) is 18.3 Å². The van der Waals surface area contributed by atoms with Crippen LogP contribution in [-0.2, 0) is 11.2 Å². The number of nitrogens with one attached hydrogen (secondary N) is 2. The number of hydrogen-bond donors (Lipinski definition) is 3. The van der Waals surface area contributed by atoms with Crippen molar-refractivity contribution in [1.29, 1.82) is 0 Å². The third-order valence-corrected chi connectivity index (χ3v) is 2.87. The summed E-state index contributed by atoms with van der Waals surface area (Å²) in [6, 6.07) is 1.32. The van der Waals surface area contributed by atoms with Gasteiger partial charge in [0.25, 0.3) is 0 Å². The van der Waals surface area contributed by atoms with E-state index in [1.165, 1.54) is 5.56 Å². The van der Waals surface area contributed by atoms with Gasteiger partial charge in [-0.2, -0.15) is 11.3 Å². The summed E-state index contributed by atoms with van der Waals surface area (Å²) in [6.07, 6.45) is 0.710. The highest BCUT2D eigenvalue weighted by molar-refractivity contribution is 7.07. The summed E-state index contributed by atoms with van der Waals surface area (Å²) >= 11 is 1.62. The molecule has 0 saturated heterocycles. The lowest BCUT2D eigenvalue weighted by atomic mass is 10.2. The maximum atomic E-state index is 11.4.